The number of carbonyl (C=O) groups excluding carboxylic acids is 2. The van der Waals surface area contributed by atoms with E-state index in [1.165, 1.54) is 0 Å². The van der Waals surface area contributed by atoms with Crippen molar-refractivity contribution >= 4 is 46.5 Å². The van der Waals surface area contributed by atoms with Gasteiger partial charge in [0.25, 0.3) is 5.91 Å². The third-order valence-corrected chi connectivity index (χ3v) is 7.70. The molecule has 0 bridgehead atoms. The smallest absolute Gasteiger partial charge is 0.319 e. The Balaban J connectivity index is 1.25. The number of hydrogen-bond acceptors (Lipinski definition) is 5. The molecule has 198 valence electrons. The summed E-state index contributed by atoms with van der Waals surface area (Å²) in [5, 5.41) is 6.59. The van der Waals surface area contributed by atoms with E-state index in [2.05, 4.69) is 20.5 Å². The number of carbonyl (C=O) groups is 2. The zero-order chi connectivity index (χ0) is 26.6. The number of hydrogen-bond donors (Lipinski definition) is 2. The molecule has 1 unspecified atom stereocenters. The van der Waals surface area contributed by atoms with Crippen molar-refractivity contribution < 1.29 is 14.3 Å². The Morgan fingerprint density at radius 3 is 2.55 bits per heavy atom. The lowest BCUT2D eigenvalue weighted by molar-refractivity contribution is 0.0709. The van der Waals surface area contributed by atoms with Gasteiger partial charge in [-0.15, -0.1) is 0 Å². The molecule has 2 N–H and O–H groups in total. The number of rotatable bonds is 5. The number of aromatic nitrogens is 1. The molecule has 1 saturated heterocycles. The Morgan fingerprint density at radius 1 is 1.03 bits per heavy atom. The molecule has 38 heavy (non-hydrogen) atoms. The topological polar surface area (TPSA) is 86.8 Å². The van der Waals surface area contributed by atoms with Crippen LogP contribution in [0.5, 0.6) is 5.75 Å². The molecule has 8 nitrogen and oxygen atoms in total. The number of nitrogens with one attached hydrogen (secondary N) is 2. The minimum absolute atomic E-state index is 0.0466. The maximum atomic E-state index is 13.5. The number of amides is 3. The first-order valence-corrected chi connectivity index (χ1v) is 13.4. The predicted molar refractivity (Wildman–Crippen MR) is 149 cm³/mol. The van der Waals surface area contributed by atoms with Crippen molar-refractivity contribution in [2.45, 2.75) is 31.3 Å². The van der Waals surface area contributed by atoms with E-state index in [1.807, 2.05) is 36.2 Å². The highest BCUT2D eigenvalue weighted by atomic mass is 35.5. The van der Waals surface area contributed by atoms with Crippen LogP contribution in [-0.4, -0.2) is 54.6 Å². The van der Waals surface area contributed by atoms with E-state index in [-0.39, 0.29) is 18.0 Å². The number of halogens is 2. The zero-order valence-electron chi connectivity index (χ0n) is 21.0. The summed E-state index contributed by atoms with van der Waals surface area (Å²) in [5.41, 5.74) is 2.92. The Morgan fingerprint density at radius 2 is 1.79 bits per heavy atom. The van der Waals surface area contributed by atoms with Gasteiger partial charge in [0.15, 0.2) is 0 Å². The normalized spacial score (nSPS) is 17.2. The summed E-state index contributed by atoms with van der Waals surface area (Å²) in [7, 11) is 1.86. The van der Waals surface area contributed by atoms with Crippen LogP contribution in [0, 0.1) is 0 Å². The second kappa shape index (κ2) is 11.5. The summed E-state index contributed by atoms with van der Waals surface area (Å²) >= 11 is 12.2. The lowest BCUT2D eigenvalue weighted by Gasteiger charge is -2.38. The highest BCUT2D eigenvalue weighted by Gasteiger charge is 2.29. The number of ether oxygens (including phenoxy) is 1. The fraction of sp³-hybridized carbons (Fsp3) is 0.321. The quantitative estimate of drug-likeness (QED) is 0.418. The number of fused-ring (bicyclic) bond motifs is 1. The van der Waals surface area contributed by atoms with Crippen LogP contribution >= 0.6 is 23.2 Å². The summed E-state index contributed by atoms with van der Waals surface area (Å²) in [6, 6.07) is 13.7. The summed E-state index contributed by atoms with van der Waals surface area (Å²) in [4.78, 5) is 34.5. The van der Waals surface area contributed by atoms with Gasteiger partial charge in [-0.1, -0.05) is 23.2 Å². The van der Waals surface area contributed by atoms with Crippen LogP contribution in [0.4, 0.5) is 16.2 Å². The molecule has 2 aliphatic rings. The molecule has 3 heterocycles. The van der Waals surface area contributed by atoms with Crippen LogP contribution < -0.4 is 20.3 Å². The van der Waals surface area contributed by atoms with Gasteiger partial charge >= 0.3 is 6.03 Å². The Bertz CT molecular complexity index is 1320. The van der Waals surface area contributed by atoms with Crippen molar-refractivity contribution in [3.63, 3.8) is 0 Å². The van der Waals surface area contributed by atoms with Crippen molar-refractivity contribution in [2.24, 2.45) is 0 Å². The standard InChI is InChI=1S/C28H29Cl2N5O3/c1-34(20-8-13-35(14-9-20)21-6-11-31-12-7-21)27(36)18-2-5-26-22(16-18)24(10-15-38-26)32-28(37)33-25-17-19(29)3-4-23(25)30/h2-7,11-12,16-17,20,24H,8-10,13-15H2,1H3,(H2,32,33,37). The molecule has 2 aromatic carbocycles. The van der Waals surface area contributed by atoms with Crippen LogP contribution in [0.2, 0.25) is 10.0 Å². The van der Waals surface area contributed by atoms with Crippen LogP contribution in [0.1, 0.15) is 41.2 Å². The fourth-order valence-corrected chi connectivity index (χ4v) is 5.36. The van der Waals surface area contributed by atoms with Gasteiger partial charge in [-0.25, -0.2) is 4.79 Å². The van der Waals surface area contributed by atoms with Crippen molar-refractivity contribution in [3.8, 4) is 5.75 Å². The van der Waals surface area contributed by atoms with Crippen LogP contribution in [0.25, 0.3) is 0 Å². The molecule has 1 atom stereocenters. The number of nitrogens with zero attached hydrogens (tertiary/aromatic N) is 3. The van der Waals surface area contributed by atoms with E-state index in [0.29, 0.717) is 40.1 Å². The second-order valence-corrected chi connectivity index (χ2v) is 10.3. The molecule has 5 rings (SSSR count). The van der Waals surface area contributed by atoms with Gasteiger partial charge in [-0.2, -0.15) is 0 Å². The molecule has 0 saturated carbocycles. The predicted octanol–water partition coefficient (Wildman–Crippen LogP) is 5.77. The van der Waals surface area contributed by atoms with Gasteiger partial charge in [0.1, 0.15) is 5.75 Å². The van der Waals surface area contributed by atoms with Crippen LogP contribution in [0.15, 0.2) is 60.9 Å². The number of piperidine rings is 1. The summed E-state index contributed by atoms with van der Waals surface area (Å²) in [6.45, 7) is 2.21. The van der Waals surface area contributed by atoms with Crippen LogP contribution in [0.3, 0.4) is 0 Å². The molecular weight excluding hydrogens is 525 g/mol. The Kier molecular flexibility index (Phi) is 7.90. The van der Waals surface area contributed by atoms with E-state index >= 15 is 0 Å². The average Bonchev–Trinajstić information content (AvgIpc) is 2.95. The highest BCUT2D eigenvalue weighted by Crippen LogP contribution is 2.34. The molecule has 3 aromatic rings. The third kappa shape index (κ3) is 5.81. The van der Waals surface area contributed by atoms with Crippen molar-refractivity contribution in [1.29, 1.82) is 0 Å². The minimum Gasteiger partial charge on any atom is -0.493 e. The van der Waals surface area contributed by atoms with Gasteiger partial charge in [-0.05, 0) is 61.4 Å². The molecular formula is C28H29Cl2N5O3. The van der Waals surface area contributed by atoms with E-state index in [9.17, 15) is 9.59 Å². The number of anilines is 2. The average molecular weight is 554 g/mol. The first kappa shape index (κ1) is 26.1. The largest absolute Gasteiger partial charge is 0.493 e. The zero-order valence-corrected chi connectivity index (χ0v) is 22.5. The molecule has 0 aliphatic carbocycles. The maximum absolute atomic E-state index is 13.5. The van der Waals surface area contributed by atoms with Gasteiger partial charge in [0.05, 0.1) is 23.4 Å². The highest BCUT2D eigenvalue weighted by molar-refractivity contribution is 6.35. The Labute approximate surface area is 231 Å². The molecule has 3 amide bonds. The molecule has 1 fully saturated rings. The summed E-state index contributed by atoms with van der Waals surface area (Å²) in [5.74, 6) is 0.613. The molecule has 0 spiro atoms. The number of urea groups is 1. The Hall–Kier alpha value is -3.49. The number of pyridine rings is 1. The lowest BCUT2D eigenvalue weighted by atomic mass is 9.97. The van der Waals surface area contributed by atoms with Gasteiger partial charge in [-0.3, -0.25) is 9.78 Å². The van der Waals surface area contributed by atoms with Gasteiger partial charge < -0.3 is 25.2 Å². The van der Waals surface area contributed by atoms with Crippen molar-refractivity contribution in [3.05, 3.63) is 82.1 Å². The van der Waals surface area contributed by atoms with Crippen LogP contribution in [-0.2, 0) is 0 Å². The molecule has 2 aliphatic heterocycles. The fourth-order valence-electron chi connectivity index (χ4n) is 5.02. The molecule has 1 aromatic heterocycles. The van der Waals surface area contributed by atoms with E-state index in [0.717, 1.165) is 37.2 Å². The summed E-state index contributed by atoms with van der Waals surface area (Å²) < 4.78 is 5.81. The lowest BCUT2D eigenvalue weighted by Crippen LogP contribution is -2.45. The first-order valence-electron chi connectivity index (χ1n) is 12.6. The summed E-state index contributed by atoms with van der Waals surface area (Å²) in [6.07, 6.45) is 5.94. The molecule has 10 heteroatoms. The van der Waals surface area contributed by atoms with E-state index < -0.39 is 6.03 Å². The van der Waals surface area contributed by atoms with E-state index in [4.69, 9.17) is 27.9 Å². The van der Waals surface area contributed by atoms with Gasteiger partial charge in [0, 0.05) is 66.8 Å². The SMILES string of the molecule is CN(C(=O)c1ccc2c(c1)C(NC(=O)Nc1cc(Cl)ccc1Cl)CCO2)C1CCN(c2ccncc2)CC1. The minimum atomic E-state index is -0.415. The van der Waals surface area contributed by atoms with Crippen molar-refractivity contribution in [2.75, 3.05) is 37.0 Å². The molecule has 0 radical (unpaired) electrons. The third-order valence-electron chi connectivity index (χ3n) is 7.14. The second-order valence-electron chi connectivity index (χ2n) is 9.50. The first-order chi connectivity index (χ1) is 18.4. The van der Waals surface area contributed by atoms with Crippen molar-refractivity contribution in [1.82, 2.24) is 15.2 Å². The van der Waals surface area contributed by atoms with Gasteiger partial charge in [0.2, 0.25) is 0 Å². The monoisotopic (exact) mass is 553 g/mol. The van der Waals surface area contributed by atoms with E-state index in [1.54, 1.807) is 36.7 Å². The number of benzene rings is 2. The maximum Gasteiger partial charge on any atom is 0.319 e.